The SMILES string of the molecule is CC[C@H](C(=O)NC)N(Cc1ccc(Cl)cc1Cl)C(=O)CN(c1ccc(Cl)cc1)S(=O)(=O)c1ccccc1. The lowest BCUT2D eigenvalue weighted by atomic mass is 10.1. The third-order valence-electron chi connectivity index (χ3n) is 5.71. The molecule has 2 amide bonds. The van der Waals surface area contributed by atoms with Gasteiger partial charge in [-0.25, -0.2) is 8.42 Å². The standard InChI is InChI=1S/C26H26Cl3N3O4S/c1-3-24(26(34)30-2)31(16-18-9-10-20(28)15-23(18)29)25(33)17-32(21-13-11-19(27)12-14-21)37(35,36)22-7-5-4-6-8-22/h4-15,24H,3,16-17H2,1-2H3,(H,30,34)/t24-/m1/s1. The van der Waals surface area contributed by atoms with Crippen molar-refractivity contribution in [3.8, 4) is 0 Å². The topological polar surface area (TPSA) is 86.8 Å². The van der Waals surface area contributed by atoms with E-state index in [1.165, 1.54) is 36.2 Å². The molecule has 0 saturated carbocycles. The summed E-state index contributed by atoms with van der Waals surface area (Å²) in [7, 11) is -2.67. The van der Waals surface area contributed by atoms with Crippen LogP contribution in [0.4, 0.5) is 5.69 Å². The normalized spacial score (nSPS) is 12.0. The maximum Gasteiger partial charge on any atom is 0.264 e. The first-order chi connectivity index (χ1) is 17.6. The molecule has 1 N–H and O–H groups in total. The quantitative estimate of drug-likeness (QED) is 0.347. The van der Waals surface area contributed by atoms with Crippen LogP contribution < -0.4 is 9.62 Å². The molecule has 0 spiro atoms. The van der Waals surface area contributed by atoms with Crippen LogP contribution >= 0.6 is 34.8 Å². The van der Waals surface area contributed by atoms with Crippen LogP contribution in [0.5, 0.6) is 0 Å². The molecular formula is C26H26Cl3N3O4S. The van der Waals surface area contributed by atoms with E-state index in [9.17, 15) is 18.0 Å². The zero-order chi connectivity index (χ0) is 27.2. The largest absolute Gasteiger partial charge is 0.357 e. The van der Waals surface area contributed by atoms with Crippen molar-refractivity contribution in [1.29, 1.82) is 0 Å². The average Bonchev–Trinajstić information content (AvgIpc) is 2.89. The molecule has 0 saturated heterocycles. The van der Waals surface area contributed by atoms with Crippen LogP contribution in [0, 0.1) is 0 Å². The van der Waals surface area contributed by atoms with E-state index in [0.717, 1.165) is 4.31 Å². The second-order valence-corrected chi connectivity index (χ2v) is 11.2. The molecule has 3 aromatic rings. The van der Waals surface area contributed by atoms with Crippen LogP contribution in [0.1, 0.15) is 18.9 Å². The summed E-state index contributed by atoms with van der Waals surface area (Å²) >= 11 is 18.4. The molecule has 0 unspecified atom stereocenters. The van der Waals surface area contributed by atoms with Gasteiger partial charge >= 0.3 is 0 Å². The van der Waals surface area contributed by atoms with Gasteiger partial charge in [0.05, 0.1) is 10.6 Å². The summed E-state index contributed by atoms with van der Waals surface area (Å²) in [6.07, 6.45) is 0.295. The van der Waals surface area contributed by atoms with Crippen LogP contribution in [0.2, 0.25) is 15.1 Å². The summed E-state index contributed by atoms with van der Waals surface area (Å²) < 4.78 is 28.3. The first kappa shape index (κ1) is 28.8. The number of sulfonamides is 1. The van der Waals surface area contributed by atoms with Gasteiger partial charge in [0.1, 0.15) is 12.6 Å². The van der Waals surface area contributed by atoms with Crippen molar-refractivity contribution in [2.75, 3.05) is 17.9 Å². The average molecular weight is 583 g/mol. The third-order valence-corrected chi connectivity index (χ3v) is 8.34. The number of carbonyl (C=O) groups excluding carboxylic acids is 2. The van der Waals surface area contributed by atoms with E-state index in [4.69, 9.17) is 34.8 Å². The molecule has 0 bridgehead atoms. The van der Waals surface area contributed by atoms with Crippen molar-refractivity contribution in [2.45, 2.75) is 30.8 Å². The van der Waals surface area contributed by atoms with Gasteiger partial charge in [-0.1, -0.05) is 66.0 Å². The second-order valence-electron chi connectivity index (χ2n) is 8.10. The fourth-order valence-corrected chi connectivity index (χ4v) is 5.80. The van der Waals surface area contributed by atoms with Gasteiger partial charge in [-0.2, -0.15) is 0 Å². The number of likely N-dealkylation sites (N-methyl/N-ethyl adjacent to an activating group) is 1. The number of nitrogens with zero attached hydrogens (tertiary/aromatic N) is 2. The molecule has 0 aliphatic carbocycles. The molecule has 0 aliphatic rings. The zero-order valence-corrected chi connectivity index (χ0v) is 23.3. The number of hydrogen-bond donors (Lipinski definition) is 1. The Hall–Kier alpha value is -2.78. The summed E-state index contributed by atoms with van der Waals surface area (Å²) in [5.74, 6) is -0.971. The summed E-state index contributed by atoms with van der Waals surface area (Å²) in [6.45, 7) is 1.18. The van der Waals surface area contributed by atoms with Gasteiger partial charge in [-0.05, 0) is 60.5 Å². The smallest absolute Gasteiger partial charge is 0.264 e. The van der Waals surface area contributed by atoms with E-state index in [0.29, 0.717) is 27.1 Å². The first-order valence-electron chi connectivity index (χ1n) is 11.4. The van der Waals surface area contributed by atoms with Crippen LogP contribution in [-0.4, -0.2) is 44.8 Å². The van der Waals surface area contributed by atoms with Gasteiger partial charge in [0, 0.05) is 28.7 Å². The number of anilines is 1. The minimum Gasteiger partial charge on any atom is -0.357 e. The lowest BCUT2D eigenvalue weighted by Crippen LogP contribution is -2.51. The molecule has 0 aliphatic heterocycles. The summed E-state index contributed by atoms with van der Waals surface area (Å²) in [5, 5.41) is 3.74. The highest BCUT2D eigenvalue weighted by Gasteiger charge is 2.33. The molecule has 3 aromatic carbocycles. The maximum atomic E-state index is 13.8. The predicted molar refractivity (Wildman–Crippen MR) is 148 cm³/mol. The molecule has 11 heteroatoms. The fraction of sp³-hybridized carbons (Fsp3) is 0.231. The summed E-state index contributed by atoms with van der Waals surface area (Å²) in [6, 6.07) is 17.9. The van der Waals surface area contributed by atoms with Gasteiger partial charge < -0.3 is 10.2 Å². The Balaban J connectivity index is 2.06. The number of benzene rings is 3. The van der Waals surface area contributed by atoms with Crippen molar-refractivity contribution in [2.24, 2.45) is 0 Å². The molecule has 0 radical (unpaired) electrons. The molecule has 196 valence electrons. The van der Waals surface area contributed by atoms with Crippen molar-refractivity contribution >= 4 is 62.3 Å². The fourth-order valence-electron chi connectivity index (χ4n) is 3.78. The second kappa shape index (κ2) is 12.6. The Labute approximate surface area is 232 Å². The van der Waals surface area contributed by atoms with Gasteiger partial charge in [0.2, 0.25) is 11.8 Å². The number of carbonyl (C=O) groups is 2. The highest BCUT2D eigenvalue weighted by Crippen LogP contribution is 2.27. The molecule has 0 aromatic heterocycles. The van der Waals surface area contributed by atoms with Crippen LogP contribution in [-0.2, 0) is 26.2 Å². The Kier molecular flexibility index (Phi) is 9.84. The van der Waals surface area contributed by atoms with E-state index in [2.05, 4.69) is 5.32 Å². The van der Waals surface area contributed by atoms with E-state index in [1.54, 1.807) is 55.5 Å². The van der Waals surface area contributed by atoms with Gasteiger partial charge in [0.15, 0.2) is 0 Å². The number of hydrogen-bond acceptors (Lipinski definition) is 4. The van der Waals surface area contributed by atoms with Gasteiger partial charge in [-0.3, -0.25) is 13.9 Å². The van der Waals surface area contributed by atoms with Crippen molar-refractivity contribution in [3.05, 3.63) is 93.4 Å². The van der Waals surface area contributed by atoms with E-state index < -0.39 is 28.5 Å². The van der Waals surface area contributed by atoms with E-state index in [-0.39, 0.29) is 23.0 Å². The third kappa shape index (κ3) is 6.96. The van der Waals surface area contributed by atoms with E-state index in [1.807, 2.05) is 0 Å². The Morgan fingerprint density at radius 3 is 2.11 bits per heavy atom. The lowest BCUT2D eigenvalue weighted by molar-refractivity contribution is -0.140. The van der Waals surface area contributed by atoms with Crippen molar-refractivity contribution in [1.82, 2.24) is 10.2 Å². The Bertz CT molecular complexity index is 1350. The number of rotatable bonds is 10. The van der Waals surface area contributed by atoms with Crippen molar-refractivity contribution in [3.63, 3.8) is 0 Å². The van der Waals surface area contributed by atoms with Gasteiger partial charge in [-0.15, -0.1) is 0 Å². The predicted octanol–water partition coefficient (Wildman–Crippen LogP) is 5.40. The molecule has 37 heavy (non-hydrogen) atoms. The molecule has 3 rings (SSSR count). The molecule has 0 heterocycles. The molecule has 7 nitrogen and oxygen atoms in total. The molecular weight excluding hydrogens is 557 g/mol. The number of nitrogens with one attached hydrogen (secondary N) is 1. The highest BCUT2D eigenvalue weighted by molar-refractivity contribution is 7.92. The van der Waals surface area contributed by atoms with E-state index >= 15 is 0 Å². The first-order valence-corrected chi connectivity index (χ1v) is 13.9. The van der Waals surface area contributed by atoms with Crippen molar-refractivity contribution < 1.29 is 18.0 Å². The molecule has 0 fully saturated rings. The van der Waals surface area contributed by atoms with Crippen LogP contribution in [0.3, 0.4) is 0 Å². The lowest BCUT2D eigenvalue weighted by Gasteiger charge is -2.33. The maximum absolute atomic E-state index is 13.8. The number of halogens is 3. The monoisotopic (exact) mass is 581 g/mol. The number of amides is 2. The summed E-state index contributed by atoms with van der Waals surface area (Å²) in [4.78, 5) is 27.9. The Morgan fingerprint density at radius 2 is 1.54 bits per heavy atom. The van der Waals surface area contributed by atoms with Crippen LogP contribution in [0.15, 0.2) is 77.7 Å². The minimum absolute atomic E-state index is 0.0170. The highest BCUT2D eigenvalue weighted by atomic mass is 35.5. The summed E-state index contributed by atoms with van der Waals surface area (Å²) in [5.41, 5.74) is 0.810. The Morgan fingerprint density at radius 1 is 0.919 bits per heavy atom. The van der Waals surface area contributed by atoms with Crippen LogP contribution in [0.25, 0.3) is 0 Å². The molecule has 1 atom stereocenters. The van der Waals surface area contributed by atoms with Gasteiger partial charge in [0.25, 0.3) is 10.0 Å². The zero-order valence-electron chi connectivity index (χ0n) is 20.2. The minimum atomic E-state index is -4.14.